The number of ether oxygens (including phenoxy) is 3. The molecule has 23 heavy (non-hydrogen) atoms. The number of hydrogen-bond acceptors (Lipinski definition) is 6. The molecule has 8 atom stereocenters. The van der Waals surface area contributed by atoms with Gasteiger partial charge in [-0.2, -0.15) is 0 Å². The molecule has 1 spiro atoms. The summed E-state index contributed by atoms with van der Waals surface area (Å²) >= 11 is 0. The SMILES string of the molecule is C[C@@H]1CC[C@H]2[C@@H](C)C(OC(N)=O)O[C@@H]3O[C@@]4(C)CC[C@@H]1[C@]32OO4. The minimum absolute atomic E-state index is 0.0385. The van der Waals surface area contributed by atoms with Crippen LogP contribution in [0.5, 0.6) is 0 Å². The molecular weight excluding hydrogens is 302 g/mol. The van der Waals surface area contributed by atoms with Gasteiger partial charge in [0.05, 0.1) is 0 Å². The minimum atomic E-state index is -0.833. The zero-order chi connectivity index (χ0) is 16.4. The van der Waals surface area contributed by atoms with Crippen LogP contribution in [0, 0.1) is 23.7 Å². The molecule has 2 bridgehead atoms. The molecule has 5 rings (SSSR count). The van der Waals surface area contributed by atoms with E-state index in [2.05, 4.69) is 6.92 Å². The molecule has 1 amide bonds. The smallest absolute Gasteiger partial charge is 0.406 e. The predicted molar refractivity (Wildman–Crippen MR) is 77.5 cm³/mol. The molecule has 130 valence electrons. The second-order valence-corrected chi connectivity index (χ2v) is 7.71. The third kappa shape index (κ3) is 2.13. The first kappa shape index (κ1) is 15.6. The molecule has 4 heterocycles. The molecule has 7 nitrogen and oxygen atoms in total. The van der Waals surface area contributed by atoms with E-state index >= 15 is 0 Å². The molecule has 0 radical (unpaired) electrons. The number of carbonyl (C=O) groups excluding carboxylic acids is 1. The van der Waals surface area contributed by atoms with Gasteiger partial charge < -0.3 is 19.9 Å². The zero-order valence-corrected chi connectivity index (χ0v) is 13.8. The molecule has 1 unspecified atom stereocenters. The molecule has 1 aliphatic carbocycles. The van der Waals surface area contributed by atoms with Crippen molar-refractivity contribution >= 4 is 6.09 Å². The van der Waals surface area contributed by atoms with Crippen molar-refractivity contribution in [3.8, 4) is 0 Å². The summed E-state index contributed by atoms with van der Waals surface area (Å²) in [6.45, 7) is 6.13. The normalized spacial score (nSPS) is 54.9. The minimum Gasteiger partial charge on any atom is -0.419 e. The number of amides is 1. The average Bonchev–Trinajstić information content (AvgIpc) is 2.70. The lowest BCUT2D eigenvalue weighted by Crippen LogP contribution is -2.70. The Morgan fingerprint density at radius 2 is 1.96 bits per heavy atom. The first-order chi connectivity index (χ1) is 10.9. The average molecular weight is 327 g/mol. The van der Waals surface area contributed by atoms with Crippen molar-refractivity contribution in [2.45, 2.75) is 70.4 Å². The van der Waals surface area contributed by atoms with E-state index in [-0.39, 0.29) is 11.8 Å². The molecule has 7 heteroatoms. The van der Waals surface area contributed by atoms with Crippen LogP contribution in [0.4, 0.5) is 4.79 Å². The van der Waals surface area contributed by atoms with Crippen molar-refractivity contribution in [2.24, 2.45) is 29.4 Å². The Labute approximate surface area is 135 Å². The van der Waals surface area contributed by atoms with E-state index in [1.807, 2.05) is 13.8 Å². The van der Waals surface area contributed by atoms with E-state index in [0.29, 0.717) is 11.8 Å². The van der Waals surface area contributed by atoms with Crippen molar-refractivity contribution in [3.05, 3.63) is 0 Å². The Kier molecular flexibility index (Phi) is 3.43. The lowest BCUT2D eigenvalue weighted by Gasteiger charge is -2.59. The fourth-order valence-electron chi connectivity index (χ4n) is 5.12. The van der Waals surface area contributed by atoms with E-state index in [1.165, 1.54) is 0 Å². The molecule has 2 N–H and O–H groups in total. The molecule has 4 aliphatic heterocycles. The number of carbonyl (C=O) groups is 1. The maximum atomic E-state index is 11.2. The summed E-state index contributed by atoms with van der Waals surface area (Å²) in [6, 6.07) is 0. The Bertz CT molecular complexity index is 515. The van der Waals surface area contributed by atoms with Gasteiger partial charge in [0.1, 0.15) is 0 Å². The van der Waals surface area contributed by atoms with Gasteiger partial charge in [0.25, 0.3) is 0 Å². The van der Waals surface area contributed by atoms with E-state index in [1.54, 1.807) is 0 Å². The van der Waals surface area contributed by atoms with Crippen LogP contribution in [0.25, 0.3) is 0 Å². The van der Waals surface area contributed by atoms with Crippen LogP contribution < -0.4 is 5.73 Å². The maximum absolute atomic E-state index is 11.2. The maximum Gasteiger partial charge on any atom is 0.406 e. The molecule has 5 aliphatic rings. The Balaban J connectivity index is 1.74. The first-order valence-corrected chi connectivity index (χ1v) is 8.52. The molecule has 0 aromatic heterocycles. The van der Waals surface area contributed by atoms with Crippen LogP contribution in [0.2, 0.25) is 0 Å². The van der Waals surface area contributed by atoms with Crippen LogP contribution in [-0.2, 0) is 24.0 Å². The number of hydrogen-bond donors (Lipinski definition) is 1. The molecule has 0 aromatic rings. The zero-order valence-electron chi connectivity index (χ0n) is 13.8. The summed E-state index contributed by atoms with van der Waals surface area (Å²) in [4.78, 5) is 22.9. The van der Waals surface area contributed by atoms with Gasteiger partial charge >= 0.3 is 6.09 Å². The summed E-state index contributed by atoms with van der Waals surface area (Å²) in [5, 5.41) is 0. The van der Waals surface area contributed by atoms with Crippen LogP contribution in [0.1, 0.15) is 46.5 Å². The highest BCUT2D eigenvalue weighted by atomic mass is 17.3. The summed E-state index contributed by atoms with van der Waals surface area (Å²) < 4.78 is 17.3. The van der Waals surface area contributed by atoms with Crippen LogP contribution in [0.3, 0.4) is 0 Å². The van der Waals surface area contributed by atoms with Crippen molar-refractivity contribution < 1.29 is 28.8 Å². The second-order valence-electron chi connectivity index (χ2n) is 7.71. The highest BCUT2D eigenvalue weighted by Gasteiger charge is 2.69. The van der Waals surface area contributed by atoms with Crippen LogP contribution >= 0.6 is 0 Å². The van der Waals surface area contributed by atoms with Gasteiger partial charge in [-0.1, -0.05) is 13.8 Å². The number of primary amides is 1. The number of fused-ring (bicyclic) bond motifs is 2. The van der Waals surface area contributed by atoms with Gasteiger partial charge in [0.2, 0.25) is 12.1 Å². The standard InChI is InChI=1S/C16H25NO6/c1-8-4-5-11-9(2)12(20-14(17)18)19-13-16(11)10(8)6-7-15(3,21-13)22-23-16/h8-13H,4-7H2,1-3H3,(H2,17,18)/t8-,9-,10+,11+,12?,13-,15-,16-/m1/s1. The van der Waals surface area contributed by atoms with Crippen molar-refractivity contribution in [3.63, 3.8) is 0 Å². The third-order valence-electron chi connectivity index (χ3n) is 6.33. The molecule has 0 aromatic carbocycles. The predicted octanol–water partition coefficient (Wildman–Crippen LogP) is 2.29. The molecule has 1 saturated carbocycles. The number of nitrogens with two attached hydrogens (primary N) is 1. The Morgan fingerprint density at radius 1 is 1.17 bits per heavy atom. The van der Waals surface area contributed by atoms with E-state index in [0.717, 1.165) is 25.7 Å². The molecule has 4 saturated heterocycles. The summed E-state index contributed by atoms with van der Waals surface area (Å²) in [5.74, 6) is 0.0752. The van der Waals surface area contributed by atoms with Gasteiger partial charge in [0.15, 0.2) is 11.9 Å². The fourth-order valence-corrected chi connectivity index (χ4v) is 5.12. The van der Waals surface area contributed by atoms with E-state index in [9.17, 15) is 4.79 Å². The van der Waals surface area contributed by atoms with Crippen LogP contribution in [-0.4, -0.2) is 30.1 Å². The van der Waals surface area contributed by atoms with Crippen molar-refractivity contribution in [2.75, 3.05) is 0 Å². The summed E-state index contributed by atoms with van der Waals surface area (Å²) in [5.41, 5.74) is 4.56. The van der Waals surface area contributed by atoms with Gasteiger partial charge in [-0.25, -0.2) is 14.6 Å². The lowest BCUT2D eigenvalue weighted by molar-refractivity contribution is -0.576. The van der Waals surface area contributed by atoms with Crippen LogP contribution in [0.15, 0.2) is 0 Å². The quantitative estimate of drug-likeness (QED) is 0.743. The third-order valence-corrected chi connectivity index (χ3v) is 6.33. The van der Waals surface area contributed by atoms with E-state index in [4.69, 9.17) is 29.7 Å². The fraction of sp³-hybridized carbons (Fsp3) is 0.938. The van der Waals surface area contributed by atoms with Crippen molar-refractivity contribution in [1.82, 2.24) is 0 Å². The van der Waals surface area contributed by atoms with Gasteiger partial charge in [-0.15, -0.1) is 0 Å². The highest BCUT2D eigenvalue weighted by molar-refractivity contribution is 5.64. The first-order valence-electron chi connectivity index (χ1n) is 8.52. The van der Waals surface area contributed by atoms with Gasteiger partial charge in [-0.3, -0.25) is 0 Å². The summed E-state index contributed by atoms with van der Waals surface area (Å²) in [6.07, 6.45) is 1.64. The lowest BCUT2D eigenvalue weighted by atomic mass is 9.58. The monoisotopic (exact) mass is 327 g/mol. The molecular formula is C16H25NO6. The summed E-state index contributed by atoms with van der Waals surface area (Å²) in [7, 11) is 0. The Hall–Kier alpha value is -0.890. The van der Waals surface area contributed by atoms with Gasteiger partial charge in [-0.05, 0) is 38.0 Å². The van der Waals surface area contributed by atoms with E-state index < -0.39 is 30.1 Å². The topological polar surface area (TPSA) is 89.2 Å². The number of rotatable bonds is 1. The second kappa shape index (κ2) is 5.05. The van der Waals surface area contributed by atoms with Crippen molar-refractivity contribution in [1.29, 1.82) is 0 Å². The Morgan fingerprint density at radius 3 is 2.70 bits per heavy atom. The van der Waals surface area contributed by atoms with Gasteiger partial charge in [0, 0.05) is 18.3 Å². The molecule has 5 fully saturated rings. The highest BCUT2D eigenvalue weighted by Crippen LogP contribution is 2.60. The largest absolute Gasteiger partial charge is 0.419 e.